The van der Waals surface area contributed by atoms with Crippen molar-refractivity contribution in [2.45, 2.75) is 57.9 Å². The van der Waals surface area contributed by atoms with Crippen LogP contribution in [0.25, 0.3) is 22.3 Å². The second kappa shape index (κ2) is 8.60. The summed E-state index contributed by atoms with van der Waals surface area (Å²) in [6, 6.07) is 2.24. The van der Waals surface area contributed by atoms with Gasteiger partial charge in [-0.05, 0) is 48.9 Å². The van der Waals surface area contributed by atoms with Crippen LogP contribution in [0.3, 0.4) is 0 Å². The minimum atomic E-state index is -1.95. The second-order valence-electron chi connectivity index (χ2n) is 10.1. The first kappa shape index (κ1) is 24.5. The number of nitrogens with zero attached hydrogens (tertiary/aromatic N) is 2. The number of ether oxygens (including phenoxy) is 1. The highest BCUT2D eigenvalue weighted by Crippen LogP contribution is 2.45. The van der Waals surface area contributed by atoms with Gasteiger partial charge in [0.2, 0.25) is 0 Å². The molecule has 38 heavy (non-hydrogen) atoms. The number of carbonyl (C=O) groups excluding carboxylic acids is 2. The summed E-state index contributed by atoms with van der Waals surface area (Å²) in [5.41, 5.74) is 7.89. The van der Waals surface area contributed by atoms with Gasteiger partial charge in [0.15, 0.2) is 5.60 Å². The van der Waals surface area contributed by atoms with Gasteiger partial charge in [-0.1, -0.05) is 6.92 Å². The molecule has 6 rings (SSSR count). The van der Waals surface area contributed by atoms with Crippen molar-refractivity contribution in [2.75, 3.05) is 13.1 Å². The molecular formula is C27H28FN5O5. The Morgan fingerprint density at radius 1 is 1.32 bits per heavy atom. The maximum Gasteiger partial charge on any atom is 0.343 e. The summed E-state index contributed by atoms with van der Waals surface area (Å²) in [7, 11) is 0. The van der Waals surface area contributed by atoms with Gasteiger partial charge in [0.1, 0.15) is 12.4 Å². The first-order valence-corrected chi connectivity index (χ1v) is 12.8. The van der Waals surface area contributed by atoms with Crippen molar-refractivity contribution in [3.8, 4) is 11.4 Å². The molecule has 0 radical (unpaired) electrons. The summed E-state index contributed by atoms with van der Waals surface area (Å²) in [6.07, 6.45) is 1.13. The molecule has 198 valence electrons. The number of esters is 1. The van der Waals surface area contributed by atoms with Crippen molar-refractivity contribution in [1.29, 1.82) is 0 Å². The molecule has 2 aliphatic heterocycles. The van der Waals surface area contributed by atoms with Crippen LogP contribution in [0, 0.1) is 12.7 Å². The highest BCUT2D eigenvalue weighted by Gasteiger charge is 2.46. The average Bonchev–Trinajstić information content (AvgIpc) is 3.27. The Labute approximate surface area is 217 Å². The molecule has 1 aliphatic carbocycles. The molecule has 2 aromatic heterocycles. The molecule has 10 nitrogen and oxygen atoms in total. The normalized spacial score (nSPS) is 21.0. The molecule has 2 amide bonds. The third-order valence-electron chi connectivity index (χ3n) is 8.11. The van der Waals surface area contributed by atoms with Crippen LogP contribution < -0.4 is 21.9 Å². The number of amides is 2. The first-order chi connectivity index (χ1) is 18.2. The molecular weight excluding hydrogens is 493 g/mol. The molecule has 4 heterocycles. The Hall–Kier alpha value is -3.83. The monoisotopic (exact) mass is 521 g/mol. The van der Waals surface area contributed by atoms with Crippen LogP contribution in [-0.2, 0) is 34.7 Å². The summed E-state index contributed by atoms with van der Waals surface area (Å²) in [6.45, 7) is 3.95. The lowest BCUT2D eigenvalue weighted by Gasteiger charge is -2.31. The quantitative estimate of drug-likeness (QED) is 0.299. The third kappa shape index (κ3) is 3.31. The summed E-state index contributed by atoms with van der Waals surface area (Å²) in [5, 5.41) is 17.7. The lowest BCUT2D eigenvalue weighted by atomic mass is 9.81. The molecule has 3 aliphatic rings. The zero-order valence-corrected chi connectivity index (χ0v) is 21.1. The summed E-state index contributed by atoms with van der Waals surface area (Å²) in [5.74, 6) is -1.17. The highest BCUT2D eigenvalue weighted by molar-refractivity contribution is 5.93. The fourth-order valence-corrected chi connectivity index (χ4v) is 6.09. The Balaban J connectivity index is 1.60. The lowest BCUT2D eigenvalue weighted by molar-refractivity contribution is -0.172. The average molecular weight is 522 g/mol. The number of hydrogen-bond donors (Lipinski definition) is 4. The van der Waals surface area contributed by atoms with Crippen molar-refractivity contribution < 1.29 is 23.8 Å². The zero-order chi connectivity index (χ0) is 26.9. The predicted octanol–water partition coefficient (Wildman–Crippen LogP) is 1.77. The van der Waals surface area contributed by atoms with E-state index in [1.54, 1.807) is 24.5 Å². The summed E-state index contributed by atoms with van der Waals surface area (Å²) >= 11 is 0. The number of rotatable bonds is 4. The van der Waals surface area contributed by atoms with Crippen LogP contribution in [0.5, 0.6) is 0 Å². The largest absolute Gasteiger partial charge is 0.458 e. The van der Waals surface area contributed by atoms with Gasteiger partial charge in [-0.3, -0.25) is 4.79 Å². The van der Waals surface area contributed by atoms with E-state index >= 15 is 0 Å². The minimum Gasteiger partial charge on any atom is -0.458 e. The fraction of sp³-hybridized carbons (Fsp3) is 0.407. The van der Waals surface area contributed by atoms with Crippen LogP contribution in [0.15, 0.2) is 16.9 Å². The van der Waals surface area contributed by atoms with Crippen molar-refractivity contribution in [1.82, 2.24) is 20.2 Å². The van der Waals surface area contributed by atoms with Crippen LogP contribution in [-0.4, -0.2) is 39.7 Å². The number of cyclic esters (lactones) is 1. The second-order valence-corrected chi connectivity index (χ2v) is 10.1. The Morgan fingerprint density at radius 3 is 2.84 bits per heavy atom. The number of fused-ring (bicyclic) bond motifs is 5. The predicted molar refractivity (Wildman–Crippen MR) is 136 cm³/mol. The molecule has 0 bridgehead atoms. The van der Waals surface area contributed by atoms with Gasteiger partial charge in [-0.25, -0.2) is 19.0 Å². The van der Waals surface area contributed by atoms with Gasteiger partial charge < -0.3 is 30.8 Å². The molecule has 2 atom stereocenters. The van der Waals surface area contributed by atoms with E-state index < -0.39 is 17.6 Å². The molecule has 3 aromatic rings. The maximum absolute atomic E-state index is 15.0. The topological polar surface area (TPSA) is 149 Å². The van der Waals surface area contributed by atoms with Gasteiger partial charge in [0.25, 0.3) is 5.56 Å². The number of nitrogens with one attached hydrogen (secondary N) is 2. The number of urea groups is 1. The van der Waals surface area contributed by atoms with Crippen LogP contribution >= 0.6 is 0 Å². The lowest BCUT2D eigenvalue weighted by Crippen LogP contribution is -2.44. The van der Waals surface area contributed by atoms with E-state index in [0.29, 0.717) is 48.4 Å². The van der Waals surface area contributed by atoms with Crippen molar-refractivity contribution >= 4 is 22.9 Å². The van der Waals surface area contributed by atoms with E-state index in [1.165, 1.54) is 6.07 Å². The van der Waals surface area contributed by atoms with E-state index in [2.05, 4.69) is 10.6 Å². The number of aliphatic hydroxyl groups is 1. The SMILES string of the molecule is CC[C@@]1(O)C(=O)OCc2c1cc1n(c2=O)Cc2c-1nc1cc(F)c(C)c3c1c2[C@@H](NC(=O)NCCN)CC3. The van der Waals surface area contributed by atoms with Crippen molar-refractivity contribution in [2.24, 2.45) is 5.73 Å². The number of aryl methyl sites for hydroxylation is 1. The van der Waals surface area contributed by atoms with Gasteiger partial charge >= 0.3 is 12.0 Å². The minimum absolute atomic E-state index is 0.0305. The standard InChI is InChI=1S/C27H28FN5O5/c1-3-27(37)16-8-20-23-14(10-33(20)24(34)15(16)11-38-25(27)35)22-18(32-26(36)30-7-6-29)5-4-13-12(2)17(28)9-19(31-23)21(13)22/h8-9,18,37H,3-7,10-11,29H2,1-2H3,(H2,30,32,36)/t18-,27-/m0/s1. The van der Waals surface area contributed by atoms with Gasteiger partial charge in [-0.15, -0.1) is 0 Å². The van der Waals surface area contributed by atoms with Gasteiger partial charge in [0, 0.05) is 35.7 Å². The number of benzene rings is 1. The molecule has 0 unspecified atom stereocenters. The van der Waals surface area contributed by atoms with Crippen molar-refractivity contribution in [3.63, 3.8) is 0 Å². The molecule has 11 heteroatoms. The number of pyridine rings is 2. The molecule has 0 spiro atoms. The van der Waals surface area contributed by atoms with E-state index in [1.807, 2.05) is 0 Å². The highest BCUT2D eigenvalue weighted by atomic mass is 19.1. The number of carbonyl (C=O) groups is 2. The Kier molecular flexibility index (Phi) is 5.55. The summed E-state index contributed by atoms with van der Waals surface area (Å²) in [4.78, 5) is 43.5. The summed E-state index contributed by atoms with van der Waals surface area (Å²) < 4.78 is 21.7. The molecule has 5 N–H and O–H groups in total. The van der Waals surface area contributed by atoms with E-state index in [-0.39, 0.29) is 48.1 Å². The third-order valence-corrected chi connectivity index (χ3v) is 8.11. The van der Waals surface area contributed by atoms with Crippen LogP contribution in [0.2, 0.25) is 0 Å². The fourth-order valence-electron chi connectivity index (χ4n) is 6.09. The molecule has 0 saturated carbocycles. The van der Waals surface area contributed by atoms with E-state index in [4.69, 9.17) is 15.5 Å². The van der Waals surface area contributed by atoms with Crippen LogP contribution in [0.1, 0.15) is 59.2 Å². The smallest absolute Gasteiger partial charge is 0.343 e. The molecule has 0 saturated heterocycles. The number of aromatic nitrogens is 2. The number of halogens is 1. The van der Waals surface area contributed by atoms with Crippen LogP contribution in [0.4, 0.5) is 9.18 Å². The Bertz CT molecular complexity index is 1620. The number of nitrogens with two attached hydrogens (primary N) is 1. The molecule has 0 fully saturated rings. The van der Waals surface area contributed by atoms with E-state index in [9.17, 15) is 23.9 Å². The van der Waals surface area contributed by atoms with Gasteiger partial charge in [-0.2, -0.15) is 0 Å². The number of hydrogen-bond acceptors (Lipinski definition) is 7. The van der Waals surface area contributed by atoms with Crippen molar-refractivity contribution in [3.05, 3.63) is 61.7 Å². The first-order valence-electron chi connectivity index (χ1n) is 12.8. The Morgan fingerprint density at radius 2 is 2.11 bits per heavy atom. The maximum atomic E-state index is 15.0. The molecule has 1 aromatic carbocycles. The van der Waals surface area contributed by atoms with Gasteiger partial charge in [0.05, 0.1) is 35.1 Å². The zero-order valence-electron chi connectivity index (χ0n) is 21.1. The van der Waals surface area contributed by atoms with E-state index in [0.717, 1.165) is 22.1 Å².